The van der Waals surface area contributed by atoms with Crippen LogP contribution in [0, 0.1) is 20.8 Å². The number of aryl methyl sites for hydroxylation is 3. The lowest BCUT2D eigenvalue weighted by Crippen LogP contribution is -2.00. The van der Waals surface area contributed by atoms with Crippen LogP contribution in [0.4, 0.5) is 0 Å². The lowest BCUT2D eigenvalue weighted by Gasteiger charge is -2.14. The van der Waals surface area contributed by atoms with Crippen LogP contribution in [0.1, 0.15) is 22.4 Å². The minimum atomic E-state index is 0.467. The fourth-order valence-corrected chi connectivity index (χ4v) is 2.40. The minimum absolute atomic E-state index is 0.467. The Morgan fingerprint density at radius 3 is 2.35 bits per heavy atom. The zero-order valence-corrected chi connectivity index (χ0v) is 12.9. The molecule has 0 atom stereocenters. The molecule has 0 saturated carbocycles. The number of pyridine rings is 1. The van der Waals surface area contributed by atoms with Crippen LogP contribution in [-0.4, -0.2) is 12.1 Å². The molecular formula is C16H18ClNO2. The number of ether oxygens (including phenoxy) is 2. The molecule has 1 aromatic heterocycles. The zero-order valence-electron chi connectivity index (χ0n) is 12.2. The molecule has 0 aliphatic rings. The van der Waals surface area contributed by atoms with Crippen molar-refractivity contribution in [2.45, 2.75) is 27.4 Å². The van der Waals surface area contributed by atoms with Crippen LogP contribution in [0.3, 0.4) is 0 Å². The summed E-state index contributed by atoms with van der Waals surface area (Å²) in [6.45, 7) is 6.35. The number of benzene rings is 1. The number of halogens is 1. The second-order valence-corrected chi connectivity index (χ2v) is 5.26. The molecule has 0 radical (unpaired) electrons. The predicted molar refractivity (Wildman–Crippen MR) is 80.7 cm³/mol. The van der Waals surface area contributed by atoms with Gasteiger partial charge in [-0.1, -0.05) is 11.6 Å². The summed E-state index contributed by atoms with van der Waals surface area (Å²) in [5, 5.41) is 0.710. The Kier molecular flexibility index (Phi) is 4.63. The molecule has 2 aromatic rings. The molecule has 2 rings (SSSR count). The molecule has 0 N–H and O–H groups in total. The van der Waals surface area contributed by atoms with E-state index in [0.717, 1.165) is 28.1 Å². The van der Waals surface area contributed by atoms with Gasteiger partial charge < -0.3 is 9.47 Å². The summed E-state index contributed by atoms with van der Waals surface area (Å²) in [4.78, 5) is 4.46. The summed E-state index contributed by atoms with van der Waals surface area (Å²) in [6.07, 6.45) is 0. The van der Waals surface area contributed by atoms with E-state index in [1.807, 2.05) is 45.0 Å². The fraction of sp³-hybridized carbons (Fsp3) is 0.312. The van der Waals surface area contributed by atoms with E-state index in [9.17, 15) is 0 Å². The van der Waals surface area contributed by atoms with E-state index in [1.165, 1.54) is 0 Å². The van der Waals surface area contributed by atoms with Gasteiger partial charge in [0.05, 0.1) is 6.61 Å². The monoisotopic (exact) mass is 291 g/mol. The van der Waals surface area contributed by atoms with E-state index < -0.39 is 0 Å². The predicted octanol–water partition coefficient (Wildman–Crippen LogP) is 4.60. The first kappa shape index (κ1) is 14.8. The van der Waals surface area contributed by atoms with Gasteiger partial charge >= 0.3 is 0 Å². The summed E-state index contributed by atoms with van der Waals surface area (Å²) < 4.78 is 11.2. The summed E-state index contributed by atoms with van der Waals surface area (Å²) in [6, 6.07) is 7.69. The van der Waals surface area contributed by atoms with Gasteiger partial charge in [-0.3, -0.25) is 0 Å². The van der Waals surface area contributed by atoms with Gasteiger partial charge in [0.2, 0.25) is 5.88 Å². The third-order valence-electron chi connectivity index (χ3n) is 3.00. The van der Waals surface area contributed by atoms with E-state index in [4.69, 9.17) is 21.1 Å². The molecule has 0 aliphatic heterocycles. The van der Waals surface area contributed by atoms with Gasteiger partial charge in [0.15, 0.2) is 0 Å². The van der Waals surface area contributed by atoms with Crippen molar-refractivity contribution in [2.24, 2.45) is 0 Å². The van der Waals surface area contributed by atoms with Crippen molar-refractivity contribution < 1.29 is 9.47 Å². The van der Waals surface area contributed by atoms with Crippen molar-refractivity contribution in [3.63, 3.8) is 0 Å². The van der Waals surface area contributed by atoms with Crippen molar-refractivity contribution >= 4 is 11.6 Å². The normalized spacial score (nSPS) is 10.7. The molecule has 106 valence electrons. The van der Waals surface area contributed by atoms with Gasteiger partial charge in [0, 0.05) is 23.4 Å². The van der Waals surface area contributed by atoms with Gasteiger partial charge in [-0.25, -0.2) is 4.98 Å². The number of hydrogen-bond acceptors (Lipinski definition) is 3. The first-order chi connectivity index (χ1) is 9.51. The Morgan fingerprint density at radius 2 is 1.75 bits per heavy atom. The van der Waals surface area contributed by atoms with Crippen LogP contribution in [0.25, 0.3) is 0 Å². The van der Waals surface area contributed by atoms with Crippen molar-refractivity contribution in [1.29, 1.82) is 0 Å². The molecule has 0 aliphatic carbocycles. The van der Waals surface area contributed by atoms with Gasteiger partial charge in [-0.05, 0) is 56.2 Å². The average Bonchev–Trinajstić information content (AvgIpc) is 2.37. The Labute approximate surface area is 124 Å². The van der Waals surface area contributed by atoms with E-state index in [-0.39, 0.29) is 0 Å². The van der Waals surface area contributed by atoms with Crippen molar-refractivity contribution in [1.82, 2.24) is 4.98 Å². The maximum absolute atomic E-state index is 6.04. The smallest absolute Gasteiger partial charge is 0.225 e. The molecule has 3 nitrogen and oxygen atoms in total. The number of methoxy groups -OCH3 is 1. The number of hydrogen-bond donors (Lipinski definition) is 0. The van der Waals surface area contributed by atoms with Crippen LogP contribution in [0.15, 0.2) is 24.3 Å². The second kappa shape index (κ2) is 6.25. The van der Waals surface area contributed by atoms with Crippen LogP contribution < -0.4 is 4.74 Å². The first-order valence-electron chi connectivity index (χ1n) is 6.41. The molecular weight excluding hydrogens is 274 g/mol. The van der Waals surface area contributed by atoms with Crippen LogP contribution in [-0.2, 0) is 11.3 Å². The molecule has 0 spiro atoms. The summed E-state index contributed by atoms with van der Waals surface area (Å²) in [5.41, 5.74) is 3.80. The third-order valence-corrected chi connectivity index (χ3v) is 3.22. The number of rotatable bonds is 4. The highest BCUT2D eigenvalue weighted by molar-refractivity contribution is 6.30. The maximum Gasteiger partial charge on any atom is 0.225 e. The Bertz CT molecular complexity index is 603. The molecule has 1 heterocycles. The van der Waals surface area contributed by atoms with E-state index in [2.05, 4.69) is 4.98 Å². The summed E-state index contributed by atoms with van der Waals surface area (Å²) in [7, 11) is 1.66. The molecule has 0 unspecified atom stereocenters. The highest BCUT2D eigenvalue weighted by Gasteiger charge is 2.12. The van der Waals surface area contributed by atoms with E-state index >= 15 is 0 Å². The standard InChI is InChI=1S/C16H18ClNO2/c1-10-7-14(17)8-11(2)15(10)20-16-13(9-19-4)6-5-12(3)18-16/h5-8H,9H2,1-4H3. The topological polar surface area (TPSA) is 31.4 Å². The summed E-state index contributed by atoms with van der Waals surface area (Å²) in [5.74, 6) is 1.38. The largest absolute Gasteiger partial charge is 0.438 e. The average molecular weight is 292 g/mol. The van der Waals surface area contributed by atoms with Gasteiger partial charge in [0.25, 0.3) is 0 Å². The van der Waals surface area contributed by atoms with E-state index in [0.29, 0.717) is 17.5 Å². The number of aromatic nitrogens is 1. The van der Waals surface area contributed by atoms with Crippen LogP contribution in [0.2, 0.25) is 5.02 Å². The van der Waals surface area contributed by atoms with Gasteiger partial charge in [0.1, 0.15) is 5.75 Å². The molecule has 20 heavy (non-hydrogen) atoms. The highest BCUT2D eigenvalue weighted by Crippen LogP contribution is 2.32. The second-order valence-electron chi connectivity index (χ2n) is 4.82. The van der Waals surface area contributed by atoms with Crippen LogP contribution in [0.5, 0.6) is 11.6 Å². The van der Waals surface area contributed by atoms with Crippen molar-refractivity contribution in [3.8, 4) is 11.6 Å². The highest BCUT2D eigenvalue weighted by atomic mass is 35.5. The van der Waals surface area contributed by atoms with Crippen molar-refractivity contribution in [2.75, 3.05) is 7.11 Å². The third kappa shape index (κ3) is 3.30. The Morgan fingerprint density at radius 1 is 1.10 bits per heavy atom. The maximum atomic E-state index is 6.04. The fourth-order valence-electron chi connectivity index (χ4n) is 2.07. The van der Waals surface area contributed by atoms with Gasteiger partial charge in [-0.2, -0.15) is 0 Å². The van der Waals surface area contributed by atoms with E-state index in [1.54, 1.807) is 7.11 Å². The molecule has 0 saturated heterocycles. The molecule has 1 aromatic carbocycles. The lowest BCUT2D eigenvalue weighted by atomic mass is 10.1. The number of nitrogens with zero attached hydrogens (tertiary/aromatic N) is 1. The summed E-state index contributed by atoms with van der Waals surface area (Å²) >= 11 is 6.04. The Balaban J connectivity index is 2.41. The SMILES string of the molecule is COCc1ccc(C)nc1Oc1c(C)cc(Cl)cc1C. The van der Waals surface area contributed by atoms with Crippen molar-refractivity contribution in [3.05, 3.63) is 51.7 Å². The first-order valence-corrected chi connectivity index (χ1v) is 6.79. The zero-order chi connectivity index (χ0) is 14.7. The van der Waals surface area contributed by atoms with Gasteiger partial charge in [-0.15, -0.1) is 0 Å². The molecule has 4 heteroatoms. The minimum Gasteiger partial charge on any atom is -0.438 e. The Hall–Kier alpha value is -1.58. The molecule has 0 amide bonds. The van der Waals surface area contributed by atoms with Crippen LogP contribution >= 0.6 is 11.6 Å². The molecule has 0 fully saturated rings. The lowest BCUT2D eigenvalue weighted by molar-refractivity contribution is 0.181. The quantitative estimate of drug-likeness (QED) is 0.825. The molecule has 0 bridgehead atoms.